The van der Waals surface area contributed by atoms with E-state index in [9.17, 15) is 4.79 Å². The number of unbranched alkanes of at least 4 members (excludes halogenated alkanes) is 1. The molecule has 0 radical (unpaired) electrons. The molecule has 0 aliphatic heterocycles. The van der Waals surface area contributed by atoms with Crippen LogP contribution in [0.5, 0.6) is 5.75 Å². The van der Waals surface area contributed by atoms with Gasteiger partial charge in [-0.2, -0.15) is 0 Å². The van der Waals surface area contributed by atoms with Crippen molar-refractivity contribution in [3.8, 4) is 5.75 Å². The number of ether oxygens (including phenoxy) is 2. The minimum atomic E-state index is -0.299. The van der Waals surface area contributed by atoms with Gasteiger partial charge in [0.1, 0.15) is 5.75 Å². The molecule has 1 fully saturated rings. The second kappa shape index (κ2) is 12.3. The van der Waals surface area contributed by atoms with E-state index in [-0.39, 0.29) is 5.97 Å². The topological polar surface area (TPSA) is 52.5 Å². The minimum Gasteiger partial charge on any atom is -0.497 e. The summed E-state index contributed by atoms with van der Waals surface area (Å²) in [6.07, 6.45) is 10.0. The first-order valence-electron chi connectivity index (χ1n) is 12.4. The highest BCUT2D eigenvalue weighted by Gasteiger charge is 2.26. The molecule has 36 heavy (non-hydrogen) atoms. The zero-order valence-electron chi connectivity index (χ0n) is 20.9. The highest BCUT2D eigenvalue weighted by molar-refractivity contribution is 14.1. The Kier molecular flexibility index (Phi) is 8.91. The van der Waals surface area contributed by atoms with Crippen LogP contribution in [0.4, 0.5) is 5.69 Å². The standard InChI is InChI=1S/C30H33IN2O3/c1-4-6-17-36-30(34)27(19-22(5-2)23-9-10-23)29(31)32-25-11-14-28-24(18-25)15-16-33(28)20-21-7-12-26(35-3)13-8-21/h5,7-8,11-16,18-19,23,32H,2,4,6,9-10,17,20H2,1,3H3/b22-19+,29-27-. The third kappa shape index (κ3) is 6.60. The number of hydrogen-bond acceptors (Lipinski definition) is 4. The average Bonchev–Trinajstić information content (AvgIpc) is 3.66. The fraction of sp³-hybridized carbons (Fsp3) is 0.300. The molecule has 6 heteroatoms. The van der Waals surface area contributed by atoms with E-state index in [4.69, 9.17) is 9.47 Å². The van der Waals surface area contributed by atoms with Gasteiger partial charge in [-0.1, -0.05) is 38.1 Å². The number of carbonyl (C=O) groups is 1. The van der Waals surface area contributed by atoms with Crippen molar-refractivity contribution in [2.24, 2.45) is 5.92 Å². The molecule has 5 nitrogen and oxygen atoms in total. The van der Waals surface area contributed by atoms with Gasteiger partial charge >= 0.3 is 5.97 Å². The second-order valence-corrected chi connectivity index (χ2v) is 10.1. The van der Waals surface area contributed by atoms with E-state index >= 15 is 0 Å². The molecule has 0 spiro atoms. The maximum absolute atomic E-state index is 13.0. The summed E-state index contributed by atoms with van der Waals surface area (Å²) in [5.41, 5.74) is 4.93. The van der Waals surface area contributed by atoms with Crippen LogP contribution in [0.3, 0.4) is 0 Å². The van der Waals surface area contributed by atoms with Crippen LogP contribution in [-0.2, 0) is 16.1 Å². The highest BCUT2D eigenvalue weighted by atomic mass is 127. The first kappa shape index (κ1) is 26.1. The van der Waals surface area contributed by atoms with Crippen molar-refractivity contribution in [2.75, 3.05) is 19.0 Å². The number of esters is 1. The van der Waals surface area contributed by atoms with Crippen molar-refractivity contribution in [1.82, 2.24) is 4.57 Å². The van der Waals surface area contributed by atoms with Gasteiger partial charge in [0.2, 0.25) is 0 Å². The second-order valence-electron chi connectivity index (χ2n) is 9.03. The number of nitrogens with zero attached hydrogens (tertiary/aromatic N) is 1. The fourth-order valence-electron chi connectivity index (χ4n) is 4.06. The molecule has 188 valence electrons. The first-order valence-corrected chi connectivity index (χ1v) is 13.5. The molecule has 1 aliphatic carbocycles. The van der Waals surface area contributed by atoms with Crippen molar-refractivity contribution in [1.29, 1.82) is 0 Å². The molecule has 0 unspecified atom stereocenters. The van der Waals surface area contributed by atoms with Crippen LogP contribution in [0.25, 0.3) is 10.9 Å². The number of methoxy groups -OCH3 is 1. The van der Waals surface area contributed by atoms with Crippen LogP contribution < -0.4 is 10.1 Å². The maximum Gasteiger partial charge on any atom is 0.340 e. The lowest BCUT2D eigenvalue weighted by atomic mass is 10.1. The predicted molar refractivity (Wildman–Crippen MR) is 156 cm³/mol. The molecule has 3 aromatic rings. The molecular weight excluding hydrogens is 563 g/mol. The number of fused-ring (bicyclic) bond motifs is 1. The van der Waals surface area contributed by atoms with Gasteiger partial charge in [-0.3, -0.25) is 0 Å². The molecule has 1 saturated carbocycles. The van der Waals surface area contributed by atoms with Crippen molar-refractivity contribution in [3.05, 3.63) is 93.9 Å². The largest absolute Gasteiger partial charge is 0.497 e. The Bertz CT molecular complexity index is 1280. The minimum absolute atomic E-state index is 0.299. The van der Waals surface area contributed by atoms with Gasteiger partial charge in [-0.05, 0) is 101 Å². The van der Waals surface area contributed by atoms with Crippen LogP contribution in [0.15, 0.2) is 88.3 Å². The van der Waals surface area contributed by atoms with E-state index in [0.29, 0.717) is 18.1 Å². The molecule has 2 aromatic carbocycles. The average molecular weight is 597 g/mol. The molecule has 1 aliphatic rings. The van der Waals surface area contributed by atoms with Crippen molar-refractivity contribution in [3.63, 3.8) is 0 Å². The Hall–Kier alpha value is -3.00. The van der Waals surface area contributed by atoms with Gasteiger partial charge in [0, 0.05) is 29.3 Å². The Morgan fingerprint density at radius 2 is 1.97 bits per heavy atom. The third-order valence-electron chi connectivity index (χ3n) is 6.32. The third-order valence-corrected chi connectivity index (χ3v) is 7.17. The Balaban J connectivity index is 1.56. The van der Waals surface area contributed by atoms with Gasteiger partial charge in [0.25, 0.3) is 0 Å². The molecule has 1 N–H and O–H groups in total. The van der Waals surface area contributed by atoms with Gasteiger partial charge in [-0.25, -0.2) is 4.79 Å². The van der Waals surface area contributed by atoms with Gasteiger partial charge in [0.15, 0.2) is 0 Å². The van der Waals surface area contributed by atoms with E-state index < -0.39 is 0 Å². The number of allylic oxidation sites excluding steroid dienone is 2. The summed E-state index contributed by atoms with van der Waals surface area (Å²) in [5, 5.41) is 4.56. The molecule has 4 rings (SSSR count). The van der Waals surface area contributed by atoms with Crippen molar-refractivity contribution >= 4 is 45.2 Å². The number of hydrogen-bond donors (Lipinski definition) is 1. The van der Waals surface area contributed by atoms with E-state index in [1.165, 1.54) is 5.56 Å². The highest BCUT2D eigenvalue weighted by Crippen LogP contribution is 2.38. The van der Waals surface area contributed by atoms with Gasteiger partial charge in [-0.15, -0.1) is 0 Å². The molecule has 0 amide bonds. The monoisotopic (exact) mass is 596 g/mol. The Morgan fingerprint density at radius 3 is 2.64 bits per heavy atom. The summed E-state index contributed by atoms with van der Waals surface area (Å²) in [4.78, 5) is 13.0. The van der Waals surface area contributed by atoms with E-state index in [2.05, 4.69) is 82.5 Å². The zero-order valence-corrected chi connectivity index (χ0v) is 23.1. The normalized spacial score (nSPS) is 14.4. The summed E-state index contributed by atoms with van der Waals surface area (Å²) in [6.45, 7) is 7.24. The molecule has 0 saturated heterocycles. The first-order chi connectivity index (χ1) is 17.5. The summed E-state index contributed by atoms with van der Waals surface area (Å²) in [7, 11) is 1.68. The zero-order chi connectivity index (χ0) is 25.5. The summed E-state index contributed by atoms with van der Waals surface area (Å²) in [6, 6.07) is 16.5. The predicted octanol–water partition coefficient (Wildman–Crippen LogP) is 7.62. The number of halogens is 1. The number of carbonyl (C=O) groups excluding carboxylic acids is 1. The number of aromatic nitrogens is 1. The van der Waals surface area contributed by atoms with Crippen LogP contribution >= 0.6 is 22.6 Å². The Labute approximate surface area is 227 Å². The summed E-state index contributed by atoms with van der Waals surface area (Å²) in [5.74, 6) is 1.05. The Morgan fingerprint density at radius 1 is 1.19 bits per heavy atom. The van der Waals surface area contributed by atoms with Crippen LogP contribution in [0.2, 0.25) is 0 Å². The number of nitrogens with one attached hydrogen (secondary N) is 1. The SMILES string of the molecule is C=C/C(=C\C(C(=O)OCCCC)=C(/I)Nc1ccc2c(ccn2Cc2ccc(OC)cc2)c1)C1CC1. The van der Waals surface area contributed by atoms with E-state index in [1.807, 2.05) is 30.4 Å². The fourth-order valence-corrected chi connectivity index (χ4v) is 4.75. The van der Waals surface area contributed by atoms with Crippen LogP contribution in [0.1, 0.15) is 38.2 Å². The smallest absolute Gasteiger partial charge is 0.340 e. The summed E-state index contributed by atoms with van der Waals surface area (Å²) < 4.78 is 13.8. The quantitative estimate of drug-likeness (QED) is 0.0584. The number of benzene rings is 2. The molecule has 0 atom stereocenters. The molecular formula is C30H33IN2O3. The van der Waals surface area contributed by atoms with Gasteiger partial charge in [0.05, 0.1) is 23.0 Å². The van der Waals surface area contributed by atoms with Crippen LogP contribution in [0, 0.1) is 5.92 Å². The lowest BCUT2D eigenvalue weighted by molar-refractivity contribution is -0.138. The van der Waals surface area contributed by atoms with Gasteiger partial charge < -0.3 is 19.4 Å². The van der Waals surface area contributed by atoms with Crippen molar-refractivity contribution in [2.45, 2.75) is 39.2 Å². The number of anilines is 1. The van der Waals surface area contributed by atoms with Crippen LogP contribution in [-0.4, -0.2) is 24.3 Å². The maximum atomic E-state index is 13.0. The van der Waals surface area contributed by atoms with E-state index in [0.717, 1.165) is 63.8 Å². The van der Waals surface area contributed by atoms with E-state index in [1.54, 1.807) is 7.11 Å². The molecule has 1 heterocycles. The lowest BCUT2D eigenvalue weighted by Gasteiger charge is -2.12. The molecule has 0 bridgehead atoms. The summed E-state index contributed by atoms with van der Waals surface area (Å²) >= 11 is 2.20. The lowest BCUT2D eigenvalue weighted by Crippen LogP contribution is -2.12. The van der Waals surface area contributed by atoms with Crippen molar-refractivity contribution < 1.29 is 14.3 Å². The molecule has 1 aromatic heterocycles. The number of rotatable bonds is 12.